The number of rotatable bonds is 22. The molecule has 0 aliphatic carbocycles. The molecule has 1 aliphatic heterocycles. The van der Waals surface area contributed by atoms with Crippen molar-refractivity contribution in [3.05, 3.63) is 59.3 Å². The van der Waals surface area contributed by atoms with E-state index < -0.39 is 50.3 Å². The van der Waals surface area contributed by atoms with Crippen molar-refractivity contribution >= 4 is 19.2 Å². The zero-order valence-corrected chi connectivity index (χ0v) is 29.8. The normalized spacial score (nSPS) is 22.1. The summed E-state index contributed by atoms with van der Waals surface area (Å²) in [5.74, 6) is -0.428. The van der Waals surface area contributed by atoms with Gasteiger partial charge in [-0.2, -0.15) is 15.6 Å². The van der Waals surface area contributed by atoms with Crippen LogP contribution < -0.4 is 5.73 Å². The summed E-state index contributed by atoms with van der Waals surface area (Å²) in [5, 5.41) is 45.0. The third kappa shape index (κ3) is 11.2. The van der Waals surface area contributed by atoms with Crippen LogP contribution in [-0.2, 0) is 29.7 Å². The van der Waals surface area contributed by atoms with Gasteiger partial charge in [0.2, 0.25) is 5.60 Å². The van der Waals surface area contributed by atoms with Crippen molar-refractivity contribution in [2.24, 2.45) is 0 Å². The highest BCUT2D eigenvalue weighted by Crippen LogP contribution is 2.48. The van der Waals surface area contributed by atoms with Gasteiger partial charge in [-0.05, 0) is 42.3 Å². The molecule has 0 saturated carbocycles. The summed E-state index contributed by atoms with van der Waals surface area (Å²) in [6.07, 6.45) is 8.76. The second-order valence-corrected chi connectivity index (χ2v) is 14.4. The zero-order valence-electron chi connectivity index (χ0n) is 28.9. The van der Waals surface area contributed by atoms with E-state index in [2.05, 4.69) is 17.0 Å². The Bertz CT molecular complexity index is 1700. The lowest BCUT2D eigenvalue weighted by Gasteiger charge is -2.26. The van der Waals surface area contributed by atoms with Gasteiger partial charge in [0, 0.05) is 0 Å². The number of nitrogens with zero attached hydrogens (tertiary/aromatic N) is 5. The first-order valence-electron chi connectivity index (χ1n) is 17.5. The minimum absolute atomic E-state index is 0.0725. The number of aliphatic hydroxyl groups excluding tert-OH is 2. The molecule has 0 amide bonds. The van der Waals surface area contributed by atoms with Crippen molar-refractivity contribution in [3.63, 3.8) is 0 Å². The molecule has 3 heterocycles. The number of anilines is 1. The Kier molecular flexibility index (Phi) is 15.3. The molecule has 0 radical (unpaired) electrons. The largest absolute Gasteiger partial charge is 0.472 e. The molecule has 0 bridgehead atoms. The maximum Gasteiger partial charge on any atom is 0.472 e. The number of benzene rings is 1. The highest BCUT2D eigenvalue weighted by Gasteiger charge is 2.57. The number of aliphatic hydroxyl groups is 2. The van der Waals surface area contributed by atoms with Crippen molar-refractivity contribution in [3.8, 4) is 12.1 Å². The van der Waals surface area contributed by atoms with Crippen LogP contribution in [0.4, 0.5) is 10.2 Å². The first-order chi connectivity index (χ1) is 24.5. The van der Waals surface area contributed by atoms with Crippen LogP contribution in [0.2, 0.25) is 0 Å². The van der Waals surface area contributed by atoms with E-state index in [9.17, 15) is 34.6 Å². The molecule has 1 saturated heterocycles. The number of nitrogens with two attached hydrogens (primary N) is 1. The number of halogens is 1. The number of fused-ring (bicyclic) bond motifs is 1. The van der Waals surface area contributed by atoms with Gasteiger partial charge in [0.15, 0.2) is 5.82 Å². The summed E-state index contributed by atoms with van der Waals surface area (Å²) in [4.78, 5) is 14.5. The molecule has 16 heteroatoms. The number of ether oxygens (including phenoxy) is 2. The summed E-state index contributed by atoms with van der Waals surface area (Å²) in [6.45, 7) is 0.835. The van der Waals surface area contributed by atoms with Crippen LogP contribution in [0.15, 0.2) is 36.7 Å². The summed E-state index contributed by atoms with van der Waals surface area (Å²) in [5.41, 5.74) is 4.87. The van der Waals surface area contributed by atoms with Gasteiger partial charge in [0.1, 0.15) is 48.6 Å². The van der Waals surface area contributed by atoms with Gasteiger partial charge in [-0.15, -0.1) is 0 Å². The zero-order chi connectivity index (χ0) is 36.9. The number of nitrogen functional groups attached to an aromatic ring is 1. The first-order valence-corrected chi connectivity index (χ1v) is 19.0. The van der Waals surface area contributed by atoms with Crippen molar-refractivity contribution in [1.29, 1.82) is 10.5 Å². The van der Waals surface area contributed by atoms with E-state index in [-0.39, 0.29) is 30.3 Å². The van der Waals surface area contributed by atoms with E-state index in [0.29, 0.717) is 17.5 Å². The topological polar surface area (TPSA) is 218 Å². The lowest BCUT2D eigenvalue weighted by Crippen LogP contribution is -2.45. The van der Waals surface area contributed by atoms with E-state index in [0.717, 1.165) is 31.7 Å². The number of hydrogen-bond donors (Lipinski definition) is 4. The molecule has 14 nitrogen and oxygen atoms in total. The van der Waals surface area contributed by atoms with E-state index in [1.807, 2.05) is 6.07 Å². The van der Waals surface area contributed by atoms with E-state index >= 15 is 0 Å². The van der Waals surface area contributed by atoms with Gasteiger partial charge in [-0.25, -0.2) is 18.5 Å². The van der Waals surface area contributed by atoms with Crippen molar-refractivity contribution in [2.75, 3.05) is 18.9 Å². The maximum absolute atomic E-state index is 14.0. The third-order valence-electron chi connectivity index (χ3n) is 9.01. The average molecular weight is 731 g/mol. The summed E-state index contributed by atoms with van der Waals surface area (Å²) in [6, 6.07) is 10.6. The van der Waals surface area contributed by atoms with Crippen LogP contribution >= 0.6 is 7.82 Å². The molecule has 1 aliphatic rings. The van der Waals surface area contributed by atoms with Gasteiger partial charge in [0.25, 0.3) is 0 Å². The van der Waals surface area contributed by atoms with E-state index in [1.54, 1.807) is 12.1 Å². The molecule has 4 rings (SSSR count). The van der Waals surface area contributed by atoms with Gasteiger partial charge >= 0.3 is 7.82 Å². The molecule has 3 aromatic rings. The fraction of sp³-hybridized carbons (Fsp3) is 0.600. The molecule has 1 unspecified atom stereocenters. The Morgan fingerprint density at radius 1 is 1.06 bits per heavy atom. The number of aromatic nitrogens is 3. The molecule has 1 fully saturated rings. The number of phosphoric ester groups is 1. The molecule has 0 spiro atoms. The summed E-state index contributed by atoms with van der Waals surface area (Å²) in [7, 11) is -4.86. The molecule has 278 valence electrons. The predicted molar refractivity (Wildman–Crippen MR) is 184 cm³/mol. The van der Waals surface area contributed by atoms with Crippen molar-refractivity contribution < 1.29 is 42.6 Å². The average Bonchev–Trinajstić information content (AvgIpc) is 3.66. The maximum atomic E-state index is 14.0. The SMILES string of the molecule is CCCCCCCCCCCCC[C@@H](COP(=O)(O)OC[C@@]1(C#N)O[C@@H](c2ccc3c(N)ncnn23)[C@H](O)[C@@H]1O)OCc1cc(F)cc(C#N)c1. The monoisotopic (exact) mass is 730 g/mol. The smallest absolute Gasteiger partial charge is 0.387 e. The lowest BCUT2D eigenvalue weighted by atomic mass is 9.96. The van der Waals surface area contributed by atoms with Crippen LogP contribution in [0.5, 0.6) is 0 Å². The third-order valence-corrected chi connectivity index (χ3v) is 9.94. The van der Waals surface area contributed by atoms with Crippen LogP contribution in [0.25, 0.3) is 5.52 Å². The standard InChI is InChI=1S/C35H48FN6O8P/c1-2-3-4-5-6-7-8-9-10-11-12-13-28(47-20-26-16-25(19-37)17-27(36)18-26)21-48-51(45,46)49-23-35(22-38)33(44)31(43)32(50-35)29-14-15-30-34(39)40-24-41-42(29)30/h14-18,24,28,31-33,43-44H,2-13,20-21,23H2,1H3,(H,45,46)(H2,39,40,41)/t28-,31-,32-,33-,35+/m0/s1. The molecule has 6 atom stereocenters. The number of unbranched alkanes of at least 4 members (excludes halogenated alkanes) is 10. The Balaban J connectivity index is 1.32. The number of nitriles is 2. The number of hydrogen-bond acceptors (Lipinski definition) is 12. The Hall–Kier alpha value is -3.50. The lowest BCUT2D eigenvalue weighted by molar-refractivity contribution is -0.0763. The molecule has 51 heavy (non-hydrogen) atoms. The highest BCUT2D eigenvalue weighted by atomic mass is 31.2. The second-order valence-electron chi connectivity index (χ2n) is 12.9. The van der Waals surface area contributed by atoms with Crippen LogP contribution in [0, 0.1) is 28.5 Å². The van der Waals surface area contributed by atoms with Gasteiger partial charge < -0.3 is 30.3 Å². The Labute approximate surface area is 297 Å². The molecule has 1 aromatic carbocycles. The van der Waals surface area contributed by atoms with Crippen molar-refractivity contribution in [1.82, 2.24) is 14.6 Å². The van der Waals surface area contributed by atoms with Crippen LogP contribution in [-0.4, -0.2) is 66.8 Å². The number of phosphoric acid groups is 1. The molecule has 5 N–H and O–H groups in total. The Morgan fingerprint density at radius 3 is 2.41 bits per heavy atom. The van der Waals surface area contributed by atoms with Crippen LogP contribution in [0.1, 0.15) is 107 Å². The first kappa shape index (κ1) is 40.3. The minimum Gasteiger partial charge on any atom is -0.387 e. The predicted octanol–water partition coefficient (Wildman–Crippen LogP) is 5.80. The highest BCUT2D eigenvalue weighted by molar-refractivity contribution is 7.47. The fourth-order valence-corrected chi connectivity index (χ4v) is 6.91. The summed E-state index contributed by atoms with van der Waals surface area (Å²) < 4.78 is 50.6. The van der Waals surface area contributed by atoms with Crippen molar-refractivity contribution in [2.45, 2.75) is 121 Å². The van der Waals surface area contributed by atoms with Crippen LogP contribution in [0.3, 0.4) is 0 Å². The second kappa shape index (κ2) is 19.4. The minimum atomic E-state index is -4.86. The molecular formula is C35H48FN6O8P. The quantitative estimate of drug-likeness (QED) is 0.0711. The van der Waals surface area contributed by atoms with E-state index in [4.69, 9.17) is 24.3 Å². The fourth-order valence-electron chi connectivity index (χ4n) is 6.13. The van der Waals surface area contributed by atoms with Gasteiger partial charge in [-0.1, -0.05) is 77.6 Å². The van der Waals surface area contributed by atoms with Gasteiger partial charge in [0.05, 0.1) is 36.6 Å². The Morgan fingerprint density at radius 2 is 1.75 bits per heavy atom. The summed E-state index contributed by atoms with van der Waals surface area (Å²) >= 11 is 0. The van der Waals surface area contributed by atoms with E-state index in [1.165, 1.54) is 74.0 Å². The van der Waals surface area contributed by atoms with Gasteiger partial charge in [-0.3, -0.25) is 9.05 Å². The molecule has 2 aromatic heterocycles. The molecular weight excluding hydrogens is 682 g/mol.